The highest BCUT2D eigenvalue weighted by molar-refractivity contribution is 9.09. The largest absolute Gasteiger partial charge is 0.416 e. The van der Waals surface area contributed by atoms with Gasteiger partial charge in [0, 0.05) is 16.6 Å². The molecule has 3 nitrogen and oxygen atoms in total. The number of anilines is 1. The number of hydrogen-bond acceptors (Lipinski definition) is 3. The van der Waals surface area contributed by atoms with Crippen LogP contribution in [0.3, 0.4) is 0 Å². The molecule has 7 heteroatoms. The van der Waals surface area contributed by atoms with E-state index >= 15 is 0 Å². The van der Waals surface area contributed by atoms with Crippen molar-refractivity contribution in [2.75, 3.05) is 11.1 Å². The number of alkyl halides is 4. The number of nitrogen functional groups attached to an aromatic ring is 1. The fourth-order valence-corrected chi connectivity index (χ4v) is 1.67. The second-order valence-electron chi connectivity index (χ2n) is 3.51. The van der Waals surface area contributed by atoms with Crippen molar-refractivity contribution in [3.63, 3.8) is 0 Å². The first-order valence-corrected chi connectivity index (χ1v) is 5.78. The number of aliphatic hydroxyl groups excluding tert-OH is 2. The number of halogens is 4. The molecule has 0 saturated heterocycles. The number of aliphatic hydroxyl groups is 2. The molecule has 0 spiro atoms. The van der Waals surface area contributed by atoms with Crippen LogP contribution in [0.5, 0.6) is 0 Å². The van der Waals surface area contributed by atoms with Gasteiger partial charge in [-0.3, -0.25) is 0 Å². The summed E-state index contributed by atoms with van der Waals surface area (Å²) >= 11 is 2.95. The van der Waals surface area contributed by atoms with E-state index in [4.69, 9.17) is 5.73 Å². The third-order valence-corrected chi connectivity index (χ3v) is 2.92. The maximum atomic E-state index is 12.4. The van der Waals surface area contributed by atoms with Crippen LogP contribution in [-0.2, 0) is 6.18 Å². The van der Waals surface area contributed by atoms with Gasteiger partial charge in [0.05, 0.1) is 11.7 Å². The standard InChI is InChI=1S/C10H11BrF3NO2/c11-4-8(16)9(17)6-2-1-5(3-7(6)15)10(12,13)14/h1-3,8-9,16-17H,4,15H2. The summed E-state index contributed by atoms with van der Waals surface area (Å²) in [4.78, 5) is 0. The van der Waals surface area contributed by atoms with Crippen molar-refractivity contribution in [3.05, 3.63) is 29.3 Å². The van der Waals surface area contributed by atoms with Crippen molar-refractivity contribution in [2.24, 2.45) is 0 Å². The van der Waals surface area contributed by atoms with Crippen LogP contribution in [0.15, 0.2) is 18.2 Å². The van der Waals surface area contributed by atoms with E-state index in [1.807, 2.05) is 0 Å². The summed E-state index contributed by atoms with van der Waals surface area (Å²) < 4.78 is 37.1. The van der Waals surface area contributed by atoms with Crippen LogP contribution in [-0.4, -0.2) is 21.6 Å². The molecule has 0 amide bonds. The minimum absolute atomic E-state index is 0.0740. The molecule has 0 saturated carbocycles. The number of nitrogens with two attached hydrogens (primary N) is 1. The average Bonchev–Trinajstić information content (AvgIpc) is 2.25. The molecule has 0 aliphatic rings. The van der Waals surface area contributed by atoms with Crippen LogP contribution < -0.4 is 5.73 Å². The van der Waals surface area contributed by atoms with Gasteiger partial charge >= 0.3 is 6.18 Å². The molecule has 0 fully saturated rings. The van der Waals surface area contributed by atoms with Gasteiger partial charge in [-0.25, -0.2) is 0 Å². The molecule has 1 aromatic rings. The lowest BCUT2D eigenvalue weighted by Crippen LogP contribution is -2.21. The molecule has 2 atom stereocenters. The van der Waals surface area contributed by atoms with Crippen LogP contribution in [0, 0.1) is 0 Å². The Balaban J connectivity index is 3.06. The van der Waals surface area contributed by atoms with Crippen molar-refractivity contribution in [1.82, 2.24) is 0 Å². The Kier molecular flexibility index (Phi) is 4.40. The van der Waals surface area contributed by atoms with Gasteiger partial charge in [-0.15, -0.1) is 0 Å². The fourth-order valence-electron chi connectivity index (χ4n) is 1.31. The van der Waals surface area contributed by atoms with Gasteiger partial charge in [-0.1, -0.05) is 22.0 Å². The first-order valence-electron chi connectivity index (χ1n) is 4.66. The summed E-state index contributed by atoms with van der Waals surface area (Å²) in [6, 6.07) is 2.62. The van der Waals surface area contributed by atoms with Gasteiger partial charge in [0.15, 0.2) is 0 Å². The summed E-state index contributed by atoms with van der Waals surface area (Å²) in [6.45, 7) is 0. The van der Waals surface area contributed by atoms with Crippen molar-refractivity contribution in [1.29, 1.82) is 0 Å². The fraction of sp³-hybridized carbons (Fsp3) is 0.400. The van der Waals surface area contributed by atoms with Crippen molar-refractivity contribution in [3.8, 4) is 0 Å². The molecule has 0 aromatic heterocycles. The zero-order chi connectivity index (χ0) is 13.2. The first-order chi connectivity index (χ1) is 7.77. The van der Waals surface area contributed by atoms with E-state index in [0.29, 0.717) is 0 Å². The molecule has 0 radical (unpaired) electrons. The molecule has 1 aromatic carbocycles. The second kappa shape index (κ2) is 5.24. The maximum Gasteiger partial charge on any atom is 0.416 e. The molecule has 0 aliphatic heterocycles. The van der Waals surface area contributed by atoms with Gasteiger partial charge in [-0.2, -0.15) is 13.2 Å². The van der Waals surface area contributed by atoms with Crippen LogP contribution in [0.2, 0.25) is 0 Å². The van der Waals surface area contributed by atoms with Gasteiger partial charge in [0.2, 0.25) is 0 Å². The minimum Gasteiger partial charge on any atom is -0.398 e. The number of hydrogen-bond donors (Lipinski definition) is 3. The van der Waals surface area contributed by atoms with E-state index in [2.05, 4.69) is 15.9 Å². The van der Waals surface area contributed by atoms with Crippen LogP contribution in [0.25, 0.3) is 0 Å². The monoisotopic (exact) mass is 313 g/mol. The minimum atomic E-state index is -4.48. The topological polar surface area (TPSA) is 66.5 Å². The Morgan fingerprint density at radius 2 is 1.88 bits per heavy atom. The SMILES string of the molecule is Nc1cc(C(F)(F)F)ccc1C(O)C(O)CBr. The third kappa shape index (κ3) is 3.34. The van der Waals surface area contributed by atoms with E-state index in [9.17, 15) is 23.4 Å². The van der Waals surface area contributed by atoms with Crippen LogP contribution in [0.1, 0.15) is 17.2 Å². The predicted octanol–water partition coefficient (Wildman–Crippen LogP) is 2.08. The molecule has 4 N–H and O–H groups in total. The highest BCUT2D eigenvalue weighted by Gasteiger charge is 2.31. The Morgan fingerprint density at radius 3 is 2.29 bits per heavy atom. The van der Waals surface area contributed by atoms with Gasteiger partial charge < -0.3 is 15.9 Å². The summed E-state index contributed by atoms with van der Waals surface area (Å²) in [6.07, 6.45) is -6.93. The maximum absolute atomic E-state index is 12.4. The quantitative estimate of drug-likeness (QED) is 0.591. The lowest BCUT2D eigenvalue weighted by molar-refractivity contribution is -0.137. The molecule has 0 heterocycles. The second-order valence-corrected chi connectivity index (χ2v) is 4.16. The van der Waals surface area contributed by atoms with Crippen LogP contribution in [0.4, 0.5) is 18.9 Å². The normalized spacial score (nSPS) is 15.6. The molecule has 17 heavy (non-hydrogen) atoms. The lowest BCUT2D eigenvalue weighted by Gasteiger charge is -2.18. The number of rotatable bonds is 3. The van der Waals surface area contributed by atoms with Crippen LogP contribution >= 0.6 is 15.9 Å². The zero-order valence-corrected chi connectivity index (χ0v) is 10.2. The van der Waals surface area contributed by atoms with Gasteiger partial charge in [0.25, 0.3) is 0 Å². The van der Waals surface area contributed by atoms with E-state index in [0.717, 1.165) is 18.2 Å². The van der Waals surface area contributed by atoms with Crippen molar-refractivity contribution < 1.29 is 23.4 Å². The van der Waals surface area contributed by atoms with E-state index < -0.39 is 23.9 Å². The van der Waals surface area contributed by atoms with E-state index in [1.54, 1.807) is 0 Å². The van der Waals surface area contributed by atoms with Crippen molar-refractivity contribution >= 4 is 21.6 Å². The van der Waals surface area contributed by atoms with Crippen molar-refractivity contribution in [2.45, 2.75) is 18.4 Å². The molecule has 0 bridgehead atoms. The summed E-state index contributed by atoms with van der Waals surface area (Å²) in [7, 11) is 0. The Labute approximate surface area is 104 Å². The lowest BCUT2D eigenvalue weighted by atomic mass is 10.0. The third-order valence-electron chi connectivity index (χ3n) is 2.26. The number of benzene rings is 1. The van der Waals surface area contributed by atoms with E-state index in [-0.39, 0.29) is 16.6 Å². The summed E-state index contributed by atoms with van der Waals surface area (Å²) in [5.74, 6) is 0. The highest BCUT2D eigenvalue weighted by Crippen LogP contribution is 2.33. The smallest absolute Gasteiger partial charge is 0.398 e. The first kappa shape index (κ1) is 14.3. The average molecular weight is 314 g/mol. The molecular weight excluding hydrogens is 303 g/mol. The Bertz CT molecular complexity index is 398. The molecule has 96 valence electrons. The van der Waals surface area contributed by atoms with Gasteiger partial charge in [-0.05, 0) is 12.1 Å². The van der Waals surface area contributed by atoms with Gasteiger partial charge in [0.1, 0.15) is 6.10 Å². The molecule has 0 aliphatic carbocycles. The Hall–Kier alpha value is -0.790. The summed E-state index contributed by atoms with van der Waals surface area (Å²) in [5.41, 5.74) is 4.41. The molecule has 2 unspecified atom stereocenters. The zero-order valence-electron chi connectivity index (χ0n) is 8.58. The molecular formula is C10H11BrF3NO2. The highest BCUT2D eigenvalue weighted by atomic mass is 79.9. The van der Waals surface area contributed by atoms with E-state index in [1.165, 1.54) is 0 Å². The predicted molar refractivity (Wildman–Crippen MR) is 60.6 cm³/mol. The molecule has 1 rings (SSSR count). The summed E-state index contributed by atoms with van der Waals surface area (Å²) in [5, 5.41) is 19.1. The Morgan fingerprint density at radius 1 is 1.29 bits per heavy atom.